The fourth-order valence-electron chi connectivity index (χ4n) is 2.04. The molecule has 0 saturated carbocycles. The minimum absolute atomic E-state index is 0.203. The van der Waals surface area contributed by atoms with Crippen LogP contribution in [0, 0.1) is 5.82 Å². The summed E-state index contributed by atoms with van der Waals surface area (Å²) in [5, 5.41) is 4.38. The molecule has 0 aliphatic carbocycles. The lowest BCUT2D eigenvalue weighted by atomic mass is 10.2. The van der Waals surface area contributed by atoms with Crippen LogP contribution in [0.2, 0.25) is 0 Å². The van der Waals surface area contributed by atoms with Gasteiger partial charge in [0.1, 0.15) is 10.8 Å². The molecule has 2 aromatic carbocycles. The molecule has 106 valence electrons. The normalized spacial score (nSPS) is 10.7. The molecule has 0 radical (unpaired) electrons. The number of halogens is 1. The van der Waals surface area contributed by atoms with E-state index in [4.69, 9.17) is 0 Å². The number of benzene rings is 2. The second kappa shape index (κ2) is 6.61. The minimum Gasteiger partial charge on any atom is -0.306 e. The molecule has 2 nitrogen and oxygen atoms in total. The molecule has 0 bridgehead atoms. The van der Waals surface area contributed by atoms with Crippen LogP contribution in [-0.2, 0) is 13.1 Å². The van der Waals surface area contributed by atoms with Crippen molar-refractivity contribution in [2.45, 2.75) is 13.1 Å². The van der Waals surface area contributed by atoms with Gasteiger partial charge in [-0.05, 0) is 23.3 Å². The van der Waals surface area contributed by atoms with Gasteiger partial charge in [0.2, 0.25) is 0 Å². The zero-order valence-corrected chi connectivity index (χ0v) is 12.2. The van der Waals surface area contributed by atoms with E-state index in [2.05, 4.69) is 22.4 Å². The first kappa shape index (κ1) is 13.9. The van der Waals surface area contributed by atoms with Crippen LogP contribution in [0.4, 0.5) is 4.39 Å². The fourth-order valence-corrected chi connectivity index (χ4v) is 2.94. The lowest BCUT2D eigenvalue weighted by Gasteiger charge is -2.02. The summed E-state index contributed by atoms with van der Waals surface area (Å²) in [6.45, 7) is 1.43. The Labute approximate surface area is 127 Å². The summed E-state index contributed by atoms with van der Waals surface area (Å²) in [7, 11) is 0. The zero-order valence-electron chi connectivity index (χ0n) is 11.4. The maximum atomic E-state index is 12.8. The second-order valence-corrected chi connectivity index (χ2v) is 5.83. The summed E-state index contributed by atoms with van der Waals surface area (Å²) in [6.07, 6.45) is 1.91. The zero-order chi connectivity index (χ0) is 14.5. The summed E-state index contributed by atoms with van der Waals surface area (Å²) in [5.74, 6) is -0.203. The molecule has 4 heteroatoms. The van der Waals surface area contributed by atoms with E-state index in [1.165, 1.54) is 22.6 Å². The summed E-state index contributed by atoms with van der Waals surface area (Å²) in [5.41, 5.74) is 2.26. The number of aromatic nitrogens is 1. The molecule has 0 fully saturated rings. The van der Waals surface area contributed by atoms with Crippen molar-refractivity contribution in [2.24, 2.45) is 0 Å². The molecule has 0 aliphatic rings. The molecule has 0 spiro atoms. The third-order valence-corrected chi connectivity index (χ3v) is 4.18. The molecule has 1 aromatic heterocycles. The Hall–Kier alpha value is -2.04. The van der Waals surface area contributed by atoms with Crippen molar-refractivity contribution in [1.29, 1.82) is 0 Å². The number of nitrogens with one attached hydrogen (secondary N) is 1. The van der Waals surface area contributed by atoms with E-state index in [0.717, 1.165) is 17.1 Å². The number of thiazole rings is 1. The topological polar surface area (TPSA) is 24.9 Å². The van der Waals surface area contributed by atoms with Gasteiger partial charge in [0, 0.05) is 19.3 Å². The molecule has 3 rings (SSSR count). The molecule has 0 unspecified atom stereocenters. The van der Waals surface area contributed by atoms with Crippen LogP contribution in [0.3, 0.4) is 0 Å². The quantitative estimate of drug-likeness (QED) is 0.762. The largest absolute Gasteiger partial charge is 0.306 e. The first-order valence-corrected chi connectivity index (χ1v) is 7.58. The molecule has 0 atom stereocenters. The highest BCUT2D eigenvalue weighted by Crippen LogP contribution is 2.25. The van der Waals surface area contributed by atoms with Crippen molar-refractivity contribution >= 4 is 11.3 Å². The summed E-state index contributed by atoms with van der Waals surface area (Å²) in [6, 6.07) is 16.8. The first-order valence-electron chi connectivity index (χ1n) is 6.76. The van der Waals surface area contributed by atoms with Crippen LogP contribution >= 0.6 is 11.3 Å². The van der Waals surface area contributed by atoms with Gasteiger partial charge >= 0.3 is 0 Å². The van der Waals surface area contributed by atoms with E-state index < -0.39 is 0 Å². The van der Waals surface area contributed by atoms with Gasteiger partial charge in [-0.3, -0.25) is 0 Å². The van der Waals surface area contributed by atoms with Crippen LogP contribution in [0.25, 0.3) is 10.4 Å². The van der Waals surface area contributed by atoms with Gasteiger partial charge in [0.25, 0.3) is 0 Å². The van der Waals surface area contributed by atoms with Crippen LogP contribution in [0.15, 0.2) is 60.8 Å². The van der Waals surface area contributed by atoms with Crippen molar-refractivity contribution < 1.29 is 4.39 Å². The van der Waals surface area contributed by atoms with E-state index >= 15 is 0 Å². The van der Waals surface area contributed by atoms with Crippen molar-refractivity contribution in [3.8, 4) is 10.4 Å². The van der Waals surface area contributed by atoms with Crippen LogP contribution in [-0.4, -0.2) is 4.98 Å². The third kappa shape index (κ3) is 3.74. The van der Waals surface area contributed by atoms with E-state index in [9.17, 15) is 4.39 Å². The Morgan fingerprint density at radius 3 is 2.48 bits per heavy atom. The maximum Gasteiger partial charge on any atom is 0.123 e. The van der Waals surface area contributed by atoms with Crippen LogP contribution < -0.4 is 5.32 Å². The Balaban J connectivity index is 1.57. The van der Waals surface area contributed by atoms with Crippen molar-refractivity contribution in [3.63, 3.8) is 0 Å². The number of nitrogens with zero attached hydrogens (tertiary/aromatic N) is 1. The van der Waals surface area contributed by atoms with Crippen molar-refractivity contribution in [1.82, 2.24) is 10.3 Å². The predicted molar refractivity (Wildman–Crippen MR) is 84.5 cm³/mol. The highest BCUT2D eigenvalue weighted by Gasteiger charge is 2.03. The Morgan fingerprint density at radius 2 is 1.71 bits per heavy atom. The van der Waals surface area contributed by atoms with E-state index in [-0.39, 0.29) is 5.82 Å². The molecule has 3 aromatic rings. The van der Waals surface area contributed by atoms with Gasteiger partial charge < -0.3 is 5.32 Å². The maximum absolute atomic E-state index is 12.8. The molecule has 0 aliphatic heterocycles. The van der Waals surface area contributed by atoms with Crippen LogP contribution in [0.5, 0.6) is 0 Å². The smallest absolute Gasteiger partial charge is 0.123 e. The van der Waals surface area contributed by atoms with Gasteiger partial charge in [-0.1, -0.05) is 42.5 Å². The molecular formula is C17H15FN2S. The van der Waals surface area contributed by atoms with Gasteiger partial charge in [0.15, 0.2) is 0 Å². The van der Waals surface area contributed by atoms with Crippen LogP contribution in [0.1, 0.15) is 10.6 Å². The molecule has 21 heavy (non-hydrogen) atoms. The monoisotopic (exact) mass is 298 g/mol. The van der Waals surface area contributed by atoms with Gasteiger partial charge in [0.05, 0.1) is 4.88 Å². The lowest BCUT2D eigenvalue weighted by Crippen LogP contribution is -2.12. The van der Waals surface area contributed by atoms with E-state index in [1.807, 2.05) is 24.4 Å². The number of rotatable bonds is 5. The Kier molecular flexibility index (Phi) is 4.38. The molecule has 1 N–H and O–H groups in total. The Morgan fingerprint density at radius 1 is 0.952 bits per heavy atom. The number of hydrogen-bond acceptors (Lipinski definition) is 3. The lowest BCUT2D eigenvalue weighted by molar-refractivity contribution is 0.625. The van der Waals surface area contributed by atoms with E-state index in [0.29, 0.717) is 6.54 Å². The van der Waals surface area contributed by atoms with Gasteiger partial charge in [-0.15, -0.1) is 11.3 Å². The highest BCUT2D eigenvalue weighted by molar-refractivity contribution is 7.15. The molecule has 0 amide bonds. The first-order chi connectivity index (χ1) is 10.3. The standard InChI is InChI=1S/C17H15FN2S/c18-15-8-6-13(7-9-15)10-19-12-17-20-11-16(21-17)14-4-2-1-3-5-14/h1-9,11,19H,10,12H2. The Bertz CT molecular complexity index is 692. The SMILES string of the molecule is Fc1ccc(CNCc2ncc(-c3ccccc3)s2)cc1. The van der Waals surface area contributed by atoms with E-state index in [1.54, 1.807) is 23.5 Å². The molecule has 1 heterocycles. The average Bonchev–Trinajstić information content (AvgIpc) is 2.99. The summed E-state index contributed by atoms with van der Waals surface area (Å²) in [4.78, 5) is 5.61. The van der Waals surface area contributed by atoms with Crippen molar-refractivity contribution in [2.75, 3.05) is 0 Å². The average molecular weight is 298 g/mol. The van der Waals surface area contributed by atoms with Gasteiger partial charge in [-0.2, -0.15) is 0 Å². The summed E-state index contributed by atoms with van der Waals surface area (Å²) < 4.78 is 12.8. The minimum atomic E-state index is -0.203. The highest BCUT2D eigenvalue weighted by atomic mass is 32.1. The van der Waals surface area contributed by atoms with Crippen molar-refractivity contribution in [3.05, 3.63) is 77.2 Å². The predicted octanol–water partition coefficient (Wildman–Crippen LogP) is 4.24. The third-order valence-electron chi connectivity index (χ3n) is 3.13. The molecular weight excluding hydrogens is 283 g/mol. The molecule has 0 saturated heterocycles. The number of hydrogen-bond donors (Lipinski definition) is 1. The van der Waals surface area contributed by atoms with Gasteiger partial charge in [-0.25, -0.2) is 9.37 Å². The second-order valence-electron chi connectivity index (χ2n) is 4.71. The summed E-state index contributed by atoms with van der Waals surface area (Å²) >= 11 is 1.69. The fraction of sp³-hybridized carbons (Fsp3) is 0.118.